The molecule has 10 heteroatoms. The molecule has 3 atom stereocenters. The highest BCUT2D eigenvalue weighted by atomic mass is 32.2. The molecule has 1 amide bonds. The van der Waals surface area contributed by atoms with E-state index in [1.807, 2.05) is 0 Å². The Balaban J connectivity index is 1.61. The Hall–Kier alpha value is -1.65. The zero-order valence-electron chi connectivity index (χ0n) is 15.0. The fourth-order valence-electron chi connectivity index (χ4n) is 3.60. The normalized spacial score (nSPS) is 26.0. The lowest BCUT2D eigenvalue weighted by molar-refractivity contribution is -0.384. The van der Waals surface area contributed by atoms with E-state index in [0.29, 0.717) is 0 Å². The number of hydrogen-bond donors (Lipinski definition) is 1. The van der Waals surface area contributed by atoms with Crippen LogP contribution in [0.25, 0.3) is 0 Å². The van der Waals surface area contributed by atoms with Crippen LogP contribution in [0.4, 0.5) is 5.69 Å². The van der Waals surface area contributed by atoms with E-state index >= 15 is 0 Å². The van der Waals surface area contributed by atoms with E-state index in [1.54, 1.807) is 19.1 Å². The minimum Gasteiger partial charge on any atom is -0.350 e. The van der Waals surface area contributed by atoms with E-state index < -0.39 is 20.0 Å². The zero-order chi connectivity index (χ0) is 19.6. The van der Waals surface area contributed by atoms with Gasteiger partial charge in [0.15, 0.2) is 9.84 Å². The van der Waals surface area contributed by atoms with Gasteiger partial charge in [0.25, 0.3) is 5.69 Å². The maximum atomic E-state index is 12.6. The summed E-state index contributed by atoms with van der Waals surface area (Å²) < 4.78 is 24.2. The Morgan fingerprint density at radius 1 is 1.26 bits per heavy atom. The quantitative estimate of drug-likeness (QED) is 0.427. The second-order valence-electron chi connectivity index (χ2n) is 7.01. The van der Waals surface area contributed by atoms with Crippen LogP contribution in [0.1, 0.15) is 19.8 Å². The molecule has 3 rings (SSSR count). The SMILES string of the molecule is CC(Sc1ccc([N+](=O)[O-])cc1)C(=O)NC1CS(=O)(=O)CC1N1CCCC1. The van der Waals surface area contributed by atoms with Crippen molar-refractivity contribution in [1.82, 2.24) is 10.2 Å². The monoisotopic (exact) mass is 413 g/mol. The summed E-state index contributed by atoms with van der Waals surface area (Å²) in [6.45, 7) is 3.50. The average molecular weight is 414 g/mol. The summed E-state index contributed by atoms with van der Waals surface area (Å²) in [4.78, 5) is 25.8. The van der Waals surface area contributed by atoms with Crippen LogP contribution in [0.2, 0.25) is 0 Å². The molecule has 0 bridgehead atoms. The van der Waals surface area contributed by atoms with Gasteiger partial charge in [-0.2, -0.15) is 0 Å². The topological polar surface area (TPSA) is 110 Å². The minimum atomic E-state index is -3.15. The molecule has 0 aromatic heterocycles. The smallest absolute Gasteiger partial charge is 0.269 e. The molecule has 0 saturated carbocycles. The van der Waals surface area contributed by atoms with Crippen molar-refractivity contribution in [2.45, 2.75) is 42.0 Å². The van der Waals surface area contributed by atoms with E-state index in [2.05, 4.69) is 10.2 Å². The Bertz CT molecular complexity index is 806. The van der Waals surface area contributed by atoms with Crippen LogP contribution in [-0.2, 0) is 14.6 Å². The van der Waals surface area contributed by atoms with E-state index in [4.69, 9.17) is 0 Å². The number of benzene rings is 1. The number of sulfone groups is 1. The lowest BCUT2D eigenvalue weighted by atomic mass is 10.1. The molecular formula is C17H23N3O5S2. The second-order valence-corrected chi connectivity index (χ2v) is 10.6. The Kier molecular flexibility index (Phi) is 6.07. The highest BCUT2D eigenvalue weighted by molar-refractivity contribution is 8.00. The first kappa shape index (κ1) is 20.1. The number of nitrogens with one attached hydrogen (secondary N) is 1. The van der Waals surface area contributed by atoms with E-state index in [1.165, 1.54) is 23.9 Å². The van der Waals surface area contributed by atoms with Crippen molar-refractivity contribution in [3.05, 3.63) is 34.4 Å². The van der Waals surface area contributed by atoms with Gasteiger partial charge in [0.05, 0.1) is 27.7 Å². The molecule has 2 heterocycles. The number of nitrogens with zero attached hydrogens (tertiary/aromatic N) is 2. The maximum absolute atomic E-state index is 12.6. The van der Waals surface area contributed by atoms with Gasteiger partial charge in [-0.05, 0) is 45.0 Å². The zero-order valence-corrected chi connectivity index (χ0v) is 16.7. The Morgan fingerprint density at radius 2 is 1.89 bits per heavy atom. The number of likely N-dealkylation sites (tertiary alicyclic amines) is 1. The first-order valence-corrected chi connectivity index (χ1v) is 11.6. The van der Waals surface area contributed by atoms with Gasteiger partial charge in [-0.3, -0.25) is 19.8 Å². The summed E-state index contributed by atoms with van der Waals surface area (Å²) in [5.74, 6) is -0.138. The lowest BCUT2D eigenvalue weighted by Gasteiger charge is -2.29. The molecule has 1 aromatic carbocycles. The van der Waals surface area contributed by atoms with Gasteiger partial charge in [0.2, 0.25) is 5.91 Å². The molecule has 148 valence electrons. The molecule has 2 fully saturated rings. The summed E-state index contributed by atoms with van der Waals surface area (Å²) in [6, 6.07) is 5.48. The molecule has 0 aliphatic carbocycles. The van der Waals surface area contributed by atoms with Crippen LogP contribution in [0.5, 0.6) is 0 Å². The standard InChI is InChI=1S/C17H23N3O5S2/c1-12(26-14-6-4-13(5-7-14)20(22)23)17(21)18-15-10-27(24,25)11-16(15)19-8-2-3-9-19/h4-7,12,15-16H,2-3,8-11H2,1H3,(H,18,21). The van der Waals surface area contributed by atoms with Crippen LogP contribution in [-0.4, -0.2) is 66.1 Å². The molecule has 27 heavy (non-hydrogen) atoms. The summed E-state index contributed by atoms with van der Waals surface area (Å²) in [6.07, 6.45) is 2.12. The molecule has 2 aliphatic heterocycles. The molecular weight excluding hydrogens is 390 g/mol. The van der Waals surface area contributed by atoms with Gasteiger partial charge < -0.3 is 5.32 Å². The van der Waals surface area contributed by atoms with Crippen molar-refractivity contribution < 1.29 is 18.1 Å². The van der Waals surface area contributed by atoms with Crippen LogP contribution < -0.4 is 5.32 Å². The molecule has 8 nitrogen and oxygen atoms in total. The number of hydrogen-bond acceptors (Lipinski definition) is 7. The van der Waals surface area contributed by atoms with Crippen molar-refractivity contribution in [3.8, 4) is 0 Å². The number of carbonyl (C=O) groups excluding carboxylic acids is 1. The van der Waals surface area contributed by atoms with Crippen molar-refractivity contribution in [2.75, 3.05) is 24.6 Å². The lowest BCUT2D eigenvalue weighted by Crippen LogP contribution is -2.51. The summed E-state index contributed by atoms with van der Waals surface area (Å²) >= 11 is 1.29. The van der Waals surface area contributed by atoms with E-state index in [0.717, 1.165) is 30.8 Å². The van der Waals surface area contributed by atoms with Gasteiger partial charge in [-0.25, -0.2) is 8.42 Å². The number of nitro benzene ring substituents is 1. The molecule has 0 radical (unpaired) electrons. The van der Waals surface area contributed by atoms with Crippen LogP contribution in [0, 0.1) is 10.1 Å². The van der Waals surface area contributed by atoms with Gasteiger partial charge in [0.1, 0.15) is 0 Å². The maximum Gasteiger partial charge on any atom is 0.269 e. The predicted octanol–water partition coefficient (Wildman–Crippen LogP) is 1.45. The molecule has 3 unspecified atom stereocenters. The Labute approximate surface area is 162 Å². The highest BCUT2D eigenvalue weighted by Crippen LogP contribution is 2.27. The Morgan fingerprint density at radius 3 is 2.48 bits per heavy atom. The van der Waals surface area contributed by atoms with Crippen LogP contribution in [0.3, 0.4) is 0 Å². The number of rotatable bonds is 6. The van der Waals surface area contributed by atoms with E-state index in [9.17, 15) is 23.3 Å². The van der Waals surface area contributed by atoms with Crippen LogP contribution in [0.15, 0.2) is 29.2 Å². The summed E-state index contributed by atoms with van der Waals surface area (Å²) in [5, 5.41) is 13.2. The van der Waals surface area contributed by atoms with E-state index in [-0.39, 0.29) is 35.2 Å². The highest BCUT2D eigenvalue weighted by Gasteiger charge is 2.42. The minimum absolute atomic E-state index is 0.000992. The first-order valence-electron chi connectivity index (χ1n) is 8.91. The fourth-order valence-corrected chi connectivity index (χ4v) is 6.43. The number of nitro groups is 1. The van der Waals surface area contributed by atoms with Crippen LogP contribution >= 0.6 is 11.8 Å². The number of thioether (sulfide) groups is 1. The third-order valence-electron chi connectivity index (χ3n) is 4.99. The molecule has 2 saturated heterocycles. The number of non-ortho nitro benzene ring substituents is 1. The number of amides is 1. The van der Waals surface area contributed by atoms with Gasteiger partial charge in [-0.15, -0.1) is 11.8 Å². The summed E-state index contributed by atoms with van der Waals surface area (Å²) in [7, 11) is -3.15. The van der Waals surface area contributed by atoms with Gasteiger partial charge >= 0.3 is 0 Å². The average Bonchev–Trinajstić information content (AvgIpc) is 3.22. The first-order chi connectivity index (χ1) is 12.7. The second kappa shape index (κ2) is 8.15. The van der Waals surface area contributed by atoms with Gasteiger partial charge in [0, 0.05) is 23.1 Å². The van der Waals surface area contributed by atoms with Crippen molar-refractivity contribution in [1.29, 1.82) is 0 Å². The van der Waals surface area contributed by atoms with Crippen molar-refractivity contribution >= 4 is 33.2 Å². The largest absolute Gasteiger partial charge is 0.350 e. The fraction of sp³-hybridized carbons (Fsp3) is 0.588. The van der Waals surface area contributed by atoms with Gasteiger partial charge in [-0.1, -0.05) is 0 Å². The van der Waals surface area contributed by atoms with Crippen molar-refractivity contribution in [2.24, 2.45) is 0 Å². The number of carbonyl (C=O) groups is 1. The third-order valence-corrected chi connectivity index (χ3v) is 7.82. The molecule has 1 aromatic rings. The molecule has 1 N–H and O–H groups in total. The predicted molar refractivity (Wildman–Crippen MR) is 104 cm³/mol. The molecule has 0 spiro atoms. The van der Waals surface area contributed by atoms with Crippen molar-refractivity contribution in [3.63, 3.8) is 0 Å². The third kappa shape index (κ3) is 4.99. The molecule has 2 aliphatic rings. The summed E-state index contributed by atoms with van der Waals surface area (Å²) in [5.41, 5.74) is 0.000992.